The van der Waals surface area contributed by atoms with E-state index in [-0.39, 0.29) is 11.3 Å². The number of piperidine rings is 1. The Kier molecular flexibility index (Phi) is 4.58. The van der Waals surface area contributed by atoms with Crippen molar-refractivity contribution in [2.45, 2.75) is 45.1 Å². The molecule has 1 saturated heterocycles. The maximum absolute atomic E-state index is 10.6. The summed E-state index contributed by atoms with van der Waals surface area (Å²) in [6.07, 6.45) is 6.83. The van der Waals surface area contributed by atoms with Crippen LogP contribution in [0.25, 0.3) is 0 Å². The van der Waals surface area contributed by atoms with Crippen molar-refractivity contribution in [3.8, 4) is 0 Å². The Morgan fingerprint density at radius 2 is 1.88 bits per heavy atom. The van der Waals surface area contributed by atoms with Gasteiger partial charge >= 0.3 is 0 Å². The summed E-state index contributed by atoms with van der Waals surface area (Å²) < 4.78 is 1.90. The van der Waals surface area contributed by atoms with Crippen molar-refractivity contribution in [3.05, 3.63) is 36.3 Å². The smallest absolute Gasteiger partial charge is 0.137 e. The van der Waals surface area contributed by atoms with Crippen LogP contribution >= 0.6 is 0 Å². The molecular formula is C18H27N5O. The lowest BCUT2D eigenvalue weighted by atomic mass is 9.90. The van der Waals surface area contributed by atoms with E-state index in [1.165, 1.54) is 0 Å². The third-order valence-corrected chi connectivity index (χ3v) is 4.74. The summed E-state index contributed by atoms with van der Waals surface area (Å²) in [5, 5.41) is 10.6. The number of aryl methyl sites for hydroxylation is 1. The summed E-state index contributed by atoms with van der Waals surface area (Å²) in [6.45, 7) is 8.17. The highest BCUT2D eigenvalue weighted by atomic mass is 16.3. The molecule has 6 nitrogen and oxygen atoms in total. The third kappa shape index (κ3) is 3.43. The Labute approximate surface area is 143 Å². The number of aromatic nitrogens is 4. The Balaban J connectivity index is 1.66. The molecule has 1 aliphatic heterocycles. The normalized spacial score (nSPS) is 18.0. The van der Waals surface area contributed by atoms with Crippen molar-refractivity contribution >= 4 is 5.82 Å². The summed E-state index contributed by atoms with van der Waals surface area (Å²) in [4.78, 5) is 15.7. The Hall–Kier alpha value is -1.95. The topological polar surface area (TPSA) is 67.1 Å². The quantitative estimate of drug-likeness (QED) is 0.937. The van der Waals surface area contributed by atoms with Gasteiger partial charge in [-0.2, -0.15) is 0 Å². The largest absolute Gasteiger partial charge is 0.385 e. The fourth-order valence-corrected chi connectivity index (χ4v) is 3.20. The highest BCUT2D eigenvalue weighted by molar-refractivity contribution is 5.38. The molecule has 0 saturated carbocycles. The van der Waals surface area contributed by atoms with Gasteiger partial charge in [0.2, 0.25) is 0 Å². The molecule has 0 aromatic carbocycles. The second kappa shape index (κ2) is 6.51. The molecule has 3 rings (SSSR count). The summed E-state index contributed by atoms with van der Waals surface area (Å²) in [7, 11) is 1.93. The lowest BCUT2D eigenvalue weighted by Gasteiger charge is -2.35. The lowest BCUT2D eigenvalue weighted by molar-refractivity contribution is 0.0824. The zero-order valence-corrected chi connectivity index (χ0v) is 15.0. The van der Waals surface area contributed by atoms with Crippen LogP contribution in [0.2, 0.25) is 0 Å². The molecule has 0 bridgehead atoms. The molecule has 0 spiro atoms. The molecule has 0 radical (unpaired) electrons. The van der Waals surface area contributed by atoms with Crippen molar-refractivity contribution in [1.82, 2.24) is 19.5 Å². The zero-order chi connectivity index (χ0) is 17.3. The molecule has 1 atom stereocenters. The van der Waals surface area contributed by atoms with Gasteiger partial charge in [0.15, 0.2) is 0 Å². The van der Waals surface area contributed by atoms with Crippen LogP contribution in [-0.2, 0) is 12.5 Å². The number of anilines is 1. The number of aliphatic hydroxyl groups excluding tert-OH is 1. The highest BCUT2D eigenvalue weighted by Crippen LogP contribution is 2.31. The predicted molar refractivity (Wildman–Crippen MR) is 93.8 cm³/mol. The van der Waals surface area contributed by atoms with Gasteiger partial charge in [0.1, 0.15) is 23.6 Å². The van der Waals surface area contributed by atoms with Crippen LogP contribution in [0, 0.1) is 5.92 Å². The zero-order valence-electron chi connectivity index (χ0n) is 15.0. The number of aliphatic hydroxyl groups is 1. The number of imidazole rings is 1. The monoisotopic (exact) mass is 329 g/mol. The average molecular weight is 329 g/mol. The van der Waals surface area contributed by atoms with Gasteiger partial charge in [-0.3, -0.25) is 0 Å². The first-order valence-electron chi connectivity index (χ1n) is 8.60. The van der Waals surface area contributed by atoms with Crippen molar-refractivity contribution in [2.24, 2.45) is 13.0 Å². The molecule has 130 valence electrons. The number of nitrogens with zero attached hydrogens (tertiary/aromatic N) is 5. The Bertz CT molecular complexity index is 683. The van der Waals surface area contributed by atoms with E-state index in [2.05, 4.69) is 35.6 Å². The predicted octanol–water partition coefficient (Wildman–Crippen LogP) is 2.46. The van der Waals surface area contributed by atoms with Gasteiger partial charge < -0.3 is 14.6 Å². The lowest BCUT2D eigenvalue weighted by Crippen LogP contribution is -2.37. The Morgan fingerprint density at radius 3 is 2.46 bits per heavy atom. The minimum atomic E-state index is -0.498. The average Bonchev–Trinajstić information content (AvgIpc) is 3.00. The van der Waals surface area contributed by atoms with Gasteiger partial charge in [0, 0.05) is 44.1 Å². The second-order valence-electron chi connectivity index (χ2n) is 7.65. The number of rotatable bonds is 3. The molecule has 0 aliphatic carbocycles. The van der Waals surface area contributed by atoms with E-state index in [9.17, 15) is 5.11 Å². The molecule has 1 N–H and O–H groups in total. The van der Waals surface area contributed by atoms with Gasteiger partial charge in [-0.25, -0.2) is 15.0 Å². The molecule has 3 heterocycles. The Morgan fingerprint density at radius 1 is 1.17 bits per heavy atom. The van der Waals surface area contributed by atoms with Crippen LogP contribution in [0.5, 0.6) is 0 Å². The van der Waals surface area contributed by atoms with Gasteiger partial charge in [-0.15, -0.1) is 0 Å². The molecule has 2 aromatic rings. The highest BCUT2D eigenvalue weighted by Gasteiger charge is 2.29. The van der Waals surface area contributed by atoms with E-state index in [4.69, 9.17) is 4.98 Å². The van der Waals surface area contributed by atoms with Crippen LogP contribution in [0.1, 0.15) is 51.4 Å². The second-order valence-corrected chi connectivity index (χ2v) is 7.65. The maximum atomic E-state index is 10.6. The maximum Gasteiger partial charge on any atom is 0.137 e. The van der Waals surface area contributed by atoms with Crippen molar-refractivity contribution < 1.29 is 5.11 Å². The van der Waals surface area contributed by atoms with Crippen LogP contribution in [0.15, 0.2) is 24.7 Å². The summed E-state index contributed by atoms with van der Waals surface area (Å²) >= 11 is 0. The van der Waals surface area contributed by atoms with E-state index >= 15 is 0 Å². The first kappa shape index (κ1) is 16.9. The molecule has 0 amide bonds. The fourth-order valence-electron chi connectivity index (χ4n) is 3.20. The number of hydrogen-bond donors (Lipinski definition) is 1. The molecule has 2 aromatic heterocycles. The minimum Gasteiger partial charge on any atom is -0.385 e. The summed E-state index contributed by atoms with van der Waals surface area (Å²) in [6, 6.07) is 1.98. The molecule has 1 aliphatic rings. The summed E-state index contributed by atoms with van der Waals surface area (Å²) in [5.74, 6) is 2.85. The van der Waals surface area contributed by atoms with Crippen LogP contribution in [0.4, 0.5) is 5.82 Å². The fraction of sp³-hybridized carbons (Fsp3) is 0.611. The van der Waals surface area contributed by atoms with Gasteiger partial charge in [0.05, 0.1) is 0 Å². The van der Waals surface area contributed by atoms with E-state index in [0.717, 1.165) is 43.4 Å². The summed E-state index contributed by atoms with van der Waals surface area (Å²) in [5.41, 5.74) is -0.0528. The first-order chi connectivity index (χ1) is 11.4. The molecule has 6 heteroatoms. The van der Waals surface area contributed by atoms with Gasteiger partial charge in [-0.1, -0.05) is 20.8 Å². The molecule has 1 unspecified atom stereocenters. The van der Waals surface area contributed by atoms with Crippen molar-refractivity contribution in [1.29, 1.82) is 0 Å². The van der Waals surface area contributed by atoms with E-state index in [1.54, 1.807) is 6.20 Å². The van der Waals surface area contributed by atoms with E-state index in [0.29, 0.717) is 0 Å². The van der Waals surface area contributed by atoms with E-state index in [1.807, 2.05) is 30.1 Å². The van der Waals surface area contributed by atoms with Crippen LogP contribution in [0.3, 0.4) is 0 Å². The number of hydrogen-bond acceptors (Lipinski definition) is 5. The standard InChI is InChI=1S/C18H27N5O/c1-18(2,3)17-20-8-5-14(21-17)23-10-6-13(7-11-23)15(24)16-19-9-12-22(16)4/h5,8-9,12-13,15,24H,6-7,10-11H2,1-4H3. The van der Waals surface area contributed by atoms with Crippen LogP contribution < -0.4 is 4.90 Å². The van der Waals surface area contributed by atoms with Crippen molar-refractivity contribution in [3.63, 3.8) is 0 Å². The third-order valence-electron chi connectivity index (χ3n) is 4.74. The minimum absolute atomic E-state index is 0.0528. The van der Waals surface area contributed by atoms with Crippen LogP contribution in [-0.4, -0.2) is 37.7 Å². The molecule has 1 fully saturated rings. The molecular weight excluding hydrogens is 302 g/mol. The molecule has 24 heavy (non-hydrogen) atoms. The SMILES string of the molecule is Cn1ccnc1C(O)C1CCN(c2ccnc(C(C)(C)C)n2)CC1. The van der Waals surface area contributed by atoms with Gasteiger partial charge in [-0.05, 0) is 24.8 Å². The first-order valence-corrected chi connectivity index (χ1v) is 8.60. The van der Waals surface area contributed by atoms with Crippen molar-refractivity contribution in [2.75, 3.05) is 18.0 Å². The van der Waals surface area contributed by atoms with Gasteiger partial charge in [0.25, 0.3) is 0 Å². The van der Waals surface area contributed by atoms with E-state index < -0.39 is 6.10 Å².